The number of hydrogen-bond acceptors (Lipinski definition) is 9. The number of aliphatic hydroxyl groups is 1. The molecule has 166 valence electrons. The second-order valence-corrected chi connectivity index (χ2v) is 5.61. The Balaban J connectivity index is 0.000000414. The van der Waals surface area contributed by atoms with E-state index in [1.807, 2.05) is 0 Å². The molecule has 10 heteroatoms. The summed E-state index contributed by atoms with van der Waals surface area (Å²) in [4.78, 5) is 21.4. The zero-order valence-electron chi connectivity index (χ0n) is 17.1. The van der Waals surface area contributed by atoms with Crippen molar-refractivity contribution < 1.29 is 50.3 Å². The average molecular weight is 464 g/mol. The molecule has 0 radical (unpaired) electrons. The molecule has 0 bridgehead atoms. The van der Waals surface area contributed by atoms with E-state index in [2.05, 4.69) is 4.42 Å². The van der Waals surface area contributed by atoms with Crippen molar-refractivity contribution in [2.24, 2.45) is 0 Å². The Bertz CT molecular complexity index is 973. The van der Waals surface area contributed by atoms with E-state index in [1.165, 1.54) is 52.1 Å². The molecule has 2 N–H and O–H groups in total. The molecule has 1 unspecified atom stereocenters. The largest absolute Gasteiger partial charge is 0.506 e. The first-order chi connectivity index (χ1) is 13.7. The molecule has 2 aromatic heterocycles. The molecule has 3 heterocycles. The number of aromatic hydroxyl groups is 1. The molecular formula is C20H24FeO9. The molecule has 30 heavy (non-hydrogen) atoms. The number of hydrogen-bond donors (Lipinski definition) is 2. The topological polar surface area (TPSA) is 129 Å². The van der Waals surface area contributed by atoms with Crippen LogP contribution in [0.5, 0.6) is 11.5 Å². The maximum Gasteiger partial charge on any atom is 0.226 e. The average Bonchev–Trinajstić information content (AvgIpc) is 2.69. The van der Waals surface area contributed by atoms with Crippen LogP contribution in [0.15, 0.2) is 66.9 Å². The van der Waals surface area contributed by atoms with Crippen LogP contribution < -0.4 is 15.6 Å². The van der Waals surface area contributed by atoms with Gasteiger partial charge < -0.3 is 33.3 Å². The van der Waals surface area contributed by atoms with Gasteiger partial charge in [0, 0.05) is 36.3 Å². The molecule has 0 amide bonds. The van der Waals surface area contributed by atoms with Gasteiger partial charge in [0.1, 0.15) is 23.4 Å². The first-order valence-corrected chi connectivity index (χ1v) is 8.38. The summed E-state index contributed by atoms with van der Waals surface area (Å²) in [5.74, 6) is 1.37. The van der Waals surface area contributed by atoms with Crippen molar-refractivity contribution in [3.8, 4) is 11.5 Å². The van der Waals surface area contributed by atoms with Crippen LogP contribution in [0.4, 0.5) is 0 Å². The van der Waals surface area contributed by atoms with Gasteiger partial charge in [0.2, 0.25) is 22.4 Å². The Labute approximate surface area is 183 Å². The molecule has 0 saturated carbocycles. The molecule has 0 fully saturated rings. The molecule has 2 aromatic rings. The number of rotatable bonds is 2. The van der Waals surface area contributed by atoms with Gasteiger partial charge in [-0.2, -0.15) is 0 Å². The number of aliphatic hydroxyl groups excluding tert-OH is 1. The van der Waals surface area contributed by atoms with Gasteiger partial charge in [-0.25, -0.2) is 0 Å². The molecular weight excluding hydrogens is 440 g/mol. The Morgan fingerprint density at radius 3 is 1.90 bits per heavy atom. The van der Waals surface area contributed by atoms with Crippen LogP contribution in [0.3, 0.4) is 0 Å². The fourth-order valence-electron chi connectivity index (χ4n) is 2.01. The summed E-state index contributed by atoms with van der Waals surface area (Å²) in [6, 6.07) is 2.49. The van der Waals surface area contributed by atoms with E-state index in [0.717, 1.165) is 0 Å². The standard InChI is InChI=1S/C7H10O3.C7H8O3.C6H6O3.Fe/c1-5-7(8)6(9-2)3-4-10-5;1-5-7(9-2)6(8)3-4-10-5;1-4-6(8)5(7)2-3-9-4;/h3-4,6,8H,1-2H3;3-4H,1-2H3;2-3,8H,1H3;. The summed E-state index contributed by atoms with van der Waals surface area (Å²) in [6.45, 7) is 4.89. The zero-order chi connectivity index (χ0) is 22.0. The Morgan fingerprint density at radius 1 is 0.933 bits per heavy atom. The van der Waals surface area contributed by atoms with Crippen LogP contribution in [0.2, 0.25) is 0 Å². The minimum Gasteiger partial charge on any atom is -0.506 e. The Kier molecular flexibility index (Phi) is 12.0. The zero-order valence-corrected chi connectivity index (χ0v) is 18.3. The van der Waals surface area contributed by atoms with Gasteiger partial charge in [-0.3, -0.25) is 9.59 Å². The van der Waals surface area contributed by atoms with Crippen LogP contribution in [-0.2, 0) is 26.5 Å². The molecule has 9 nitrogen and oxygen atoms in total. The summed E-state index contributed by atoms with van der Waals surface area (Å²) in [5.41, 5.74) is -0.551. The van der Waals surface area contributed by atoms with Crippen molar-refractivity contribution in [2.45, 2.75) is 26.9 Å². The quantitative estimate of drug-likeness (QED) is 0.645. The van der Waals surface area contributed by atoms with Gasteiger partial charge >= 0.3 is 0 Å². The predicted octanol–water partition coefficient (Wildman–Crippen LogP) is 2.94. The summed E-state index contributed by atoms with van der Waals surface area (Å²) < 4.78 is 24.2. The van der Waals surface area contributed by atoms with Crippen molar-refractivity contribution in [1.29, 1.82) is 0 Å². The van der Waals surface area contributed by atoms with E-state index in [1.54, 1.807) is 19.9 Å². The van der Waals surface area contributed by atoms with Gasteiger partial charge in [-0.15, -0.1) is 0 Å². The third kappa shape index (κ3) is 7.82. The van der Waals surface area contributed by atoms with E-state index in [-0.39, 0.29) is 51.6 Å². The van der Waals surface area contributed by atoms with Gasteiger partial charge in [-0.1, -0.05) is 0 Å². The van der Waals surface area contributed by atoms with Crippen LogP contribution in [-0.4, -0.2) is 30.5 Å². The second kappa shape index (κ2) is 13.3. The van der Waals surface area contributed by atoms with E-state index >= 15 is 0 Å². The van der Waals surface area contributed by atoms with Crippen molar-refractivity contribution in [3.05, 3.63) is 80.5 Å². The Morgan fingerprint density at radius 2 is 1.50 bits per heavy atom. The first kappa shape index (κ1) is 27.1. The molecule has 0 saturated heterocycles. The van der Waals surface area contributed by atoms with E-state index in [0.29, 0.717) is 11.5 Å². The minimum atomic E-state index is -0.404. The summed E-state index contributed by atoms with van der Waals surface area (Å²) >= 11 is 0. The normalized spacial score (nSPS) is 14.2. The summed E-state index contributed by atoms with van der Waals surface area (Å²) in [5, 5.41) is 18.0. The predicted molar refractivity (Wildman–Crippen MR) is 104 cm³/mol. The smallest absolute Gasteiger partial charge is 0.226 e. The van der Waals surface area contributed by atoms with Gasteiger partial charge in [0.15, 0.2) is 5.76 Å². The van der Waals surface area contributed by atoms with Crippen LogP contribution >= 0.6 is 0 Å². The Hall–Kier alpha value is -2.94. The fraction of sp³-hybridized carbons (Fsp3) is 0.300. The number of allylic oxidation sites excluding steroid dienone is 1. The number of aryl methyl sites for hydroxylation is 2. The van der Waals surface area contributed by atoms with E-state index in [4.69, 9.17) is 23.7 Å². The monoisotopic (exact) mass is 464 g/mol. The first-order valence-electron chi connectivity index (χ1n) is 8.38. The maximum atomic E-state index is 10.9. The molecule has 3 rings (SSSR count). The van der Waals surface area contributed by atoms with E-state index in [9.17, 15) is 14.7 Å². The number of ether oxygens (including phenoxy) is 3. The van der Waals surface area contributed by atoms with Crippen molar-refractivity contribution >= 4 is 0 Å². The van der Waals surface area contributed by atoms with Crippen molar-refractivity contribution in [2.75, 3.05) is 14.2 Å². The number of methoxy groups -OCH3 is 2. The third-order valence-corrected chi connectivity index (χ3v) is 3.63. The maximum absolute atomic E-state index is 10.9. The van der Waals surface area contributed by atoms with Crippen LogP contribution in [0.25, 0.3) is 0 Å². The van der Waals surface area contributed by atoms with Crippen molar-refractivity contribution in [1.82, 2.24) is 0 Å². The SMILES string of the molecule is COC1C=COC(C)=C1O.COc1c(C)occc1=O.Cc1occc(=O)c1O.[Fe]. The molecule has 0 spiro atoms. The van der Waals surface area contributed by atoms with Crippen molar-refractivity contribution in [3.63, 3.8) is 0 Å². The van der Waals surface area contributed by atoms with Crippen LogP contribution in [0, 0.1) is 13.8 Å². The molecule has 1 aliphatic heterocycles. The van der Waals surface area contributed by atoms with Gasteiger partial charge in [-0.05, 0) is 26.8 Å². The summed E-state index contributed by atoms with van der Waals surface area (Å²) in [6.07, 6.45) is 5.40. The molecule has 1 atom stereocenters. The van der Waals surface area contributed by atoms with E-state index < -0.39 is 5.43 Å². The molecule has 0 aliphatic carbocycles. The second-order valence-electron chi connectivity index (χ2n) is 5.61. The van der Waals surface area contributed by atoms with Gasteiger partial charge in [0.25, 0.3) is 0 Å². The minimum absolute atomic E-state index is 0. The van der Waals surface area contributed by atoms with Crippen LogP contribution in [0.1, 0.15) is 18.4 Å². The molecule has 0 aromatic carbocycles. The fourth-order valence-corrected chi connectivity index (χ4v) is 2.01. The van der Waals surface area contributed by atoms with Gasteiger partial charge in [0.05, 0.1) is 25.9 Å². The third-order valence-electron chi connectivity index (χ3n) is 3.63. The summed E-state index contributed by atoms with van der Waals surface area (Å²) in [7, 11) is 2.98. The molecule has 1 aliphatic rings.